The van der Waals surface area contributed by atoms with E-state index in [4.69, 9.17) is 4.74 Å². The molecular formula is C24H30N2O3. The Morgan fingerprint density at radius 2 is 1.72 bits per heavy atom. The summed E-state index contributed by atoms with van der Waals surface area (Å²) in [5.74, 6) is 1.42. The highest BCUT2D eigenvalue weighted by molar-refractivity contribution is 5.99. The van der Waals surface area contributed by atoms with Crippen LogP contribution in [0.3, 0.4) is 0 Å². The molecule has 3 rings (SSSR count). The first kappa shape index (κ1) is 20.9. The largest absolute Gasteiger partial charge is 0.481 e. The normalized spacial score (nSPS) is 20.1. The number of aryl methyl sites for hydroxylation is 1. The first-order valence-corrected chi connectivity index (χ1v) is 10.3. The fourth-order valence-electron chi connectivity index (χ4n) is 3.89. The molecule has 2 amide bonds. The Hall–Kier alpha value is -2.82. The van der Waals surface area contributed by atoms with Gasteiger partial charge in [0, 0.05) is 24.3 Å². The number of rotatable bonds is 5. The van der Waals surface area contributed by atoms with Crippen LogP contribution >= 0.6 is 0 Å². The van der Waals surface area contributed by atoms with Crippen LogP contribution in [0.2, 0.25) is 0 Å². The van der Waals surface area contributed by atoms with E-state index in [1.54, 1.807) is 13.0 Å². The van der Waals surface area contributed by atoms with E-state index in [1.165, 1.54) is 0 Å². The molecule has 0 saturated carbocycles. The van der Waals surface area contributed by atoms with Crippen LogP contribution in [0.25, 0.3) is 0 Å². The maximum Gasteiger partial charge on any atom is 0.265 e. The topological polar surface area (TPSA) is 58.6 Å². The number of amides is 2. The van der Waals surface area contributed by atoms with Crippen molar-refractivity contribution in [3.05, 3.63) is 59.7 Å². The Balaban J connectivity index is 1.70. The Labute approximate surface area is 173 Å². The maximum absolute atomic E-state index is 13.0. The fraction of sp³-hybridized carbons (Fsp3) is 0.417. The molecular weight excluding hydrogens is 364 g/mol. The van der Waals surface area contributed by atoms with Gasteiger partial charge < -0.3 is 15.0 Å². The molecule has 0 aliphatic carbocycles. The van der Waals surface area contributed by atoms with Gasteiger partial charge in [-0.2, -0.15) is 0 Å². The minimum Gasteiger partial charge on any atom is -0.481 e. The van der Waals surface area contributed by atoms with Gasteiger partial charge in [0.15, 0.2) is 6.10 Å². The molecule has 2 aromatic rings. The molecule has 3 atom stereocenters. The Morgan fingerprint density at radius 1 is 1.07 bits per heavy atom. The number of nitrogens with one attached hydrogen (secondary N) is 1. The molecule has 1 saturated heterocycles. The summed E-state index contributed by atoms with van der Waals surface area (Å²) in [4.78, 5) is 27.5. The summed E-state index contributed by atoms with van der Waals surface area (Å²) in [5, 5.41) is 2.91. The number of benzene rings is 2. The number of carbonyl (C=O) groups is 2. The van der Waals surface area contributed by atoms with Crippen molar-refractivity contribution in [2.24, 2.45) is 11.8 Å². The molecule has 154 valence electrons. The van der Waals surface area contributed by atoms with Gasteiger partial charge in [-0.1, -0.05) is 38.1 Å². The van der Waals surface area contributed by atoms with Crippen LogP contribution in [0.15, 0.2) is 48.5 Å². The molecule has 29 heavy (non-hydrogen) atoms. The predicted octanol–water partition coefficient (Wildman–Crippen LogP) is 4.52. The third kappa shape index (κ3) is 5.37. The number of anilines is 1. The van der Waals surface area contributed by atoms with E-state index >= 15 is 0 Å². The van der Waals surface area contributed by atoms with Crippen molar-refractivity contribution in [3.8, 4) is 5.75 Å². The molecule has 5 nitrogen and oxygen atoms in total. The highest BCUT2D eigenvalue weighted by atomic mass is 16.5. The quantitative estimate of drug-likeness (QED) is 0.811. The van der Waals surface area contributed by atoms with Gasteiger partial charge in [-0.15, -0.1) is 0 Å². The number of nitrogens with zero attached hydrogens (tertiary/aromatic N) is 1. The first-order valence-electron chi connectivity index (χ1n) is 10.3. The van der Waals surface area contributed by atoms with Crippen LogP contribution in [-0.4, -0.2) is 35.9 Å². The molecule has 1 N–H and O–H groups in total. The number of likely N-dealkylation sites (tertiary alicyclic amines) is 1. The molecule has 1 heterocycles. The summed E-state index contributed by atoms with van der Waals surface area (Å²) in [7, 11) is 0. The van der Waals surface area contributed by atoms with Gasteiger partial charge in [0.05, 0.1) is 0 Å². The Kier molecular flexibility index (Phi) is 6.57. The third-order valence-corrected chi connectivity index (χ3v) is 5.32. The maximum atomic E-state index is 13.0. The van der Waals surface area contributed by atoms with E-state index < -0.39 is 6.10 Å². The number of carbonyl (C=O) groups excluding carboxylic acids is 2. The van der Waals surface area contributed by atoms with Gasteiger partial charge in [0.1, 0.15) is 5.75 Å². The van der Waals surface area contributed by atoms with E-state index in [-0.39, 0.29) is 11.8 Å². The monoisotopic (exact) mass is 394 g/mol. The second kappa shape index (κ2) is 9.12. The summed E-state index contributed by atoms with van der Waals surface area (Å²) in [5.41, 5.74) is 2.15. The zero-order valence-corrected chi connectivity index (χ0v) is 17.6. The summed E-state index contributed by atoms with van der Waals surface area (Å²) in [6.07, 6.45) is 0.498. The lowest BCUT2D eigenvalue weighted by Crippen LogP contribution is -2.42. The molecule has 0 aromatic heterocycles. The van der Waals surface area contributed by atoms with Crippen molar-refractivity contribution in [3.63, 3.8) is 0 Å². The number of piperidine rings is 1. The van der Waals surface area contributed by atoms with Gasteiger partial charge >= 0.3 is 0 Å². The average Bonchev–Trinajstić information content (AvgIpc) is 2.69. The van der Waals surface area contributed by atoms with E-state index in [0.717, 1.165) is 25.1 Å². The minimum absolute atomic E-state index is 0.0208. The van der Waals surface area contributed by atoms with E-state index in [0.29, 0.717) is 28.8 Å². The number of hydrogen-bond donors (Lipinski definition) is 1. The van der Waals surface area contributed by atoms with Crippen LogP contribution in [0, 0.1) is 18.8 Å². The summed E-state index contributed by atoms with van der Waals surface area (Å²) < 4.78 is 5.70. The van der Waals surface area contributed by atoms with Crippen LogP contribution in [0.1, 0.15) is 43.1 Å². The summed E-state index contributed by atoms with van der Waals surface area (Å²) in [6, 6.07) is 14.7. The number of ether oxygens (including phenoxy) is 1. The Morgan fingerprint density at radius 3 is 2.38 bits per heavy atom. The van der Waals surface area contributed by atoms with Crippen LogP contribution in [0.4, 0.5) is 5.69 Å². The second-order valence-electron chi connectivity index (χ2n) is 8.25. The van der Waals surface area contributed by atoms with Crippen molar-refractivity contribution >= 4 is 17.5 Å². The van der Waals surface area contributed by atoms with E-state index in [9.17, 15) is 9.59 Å². The lowest BCUT2D eigenvalue weighted by molar-refractivity contribution is -0.122. The minimum atomic E-state index is -0.653. The van der Waals surface area contributed by atoms with Gasteiger partial charge in [-0.3, -0.25) is 9.59 Å². The predicted molar refractivity (Wildman–Crippen MR) is 115 cm³/mol. The number of hydrogen-bond acceptors (Lipinski definition) is 3. The third-order valence-electron chi connectivity index (χ3n) is 5.32. The Bertz CT molecular complexity index is 856. The summed E-state index contributed by atoms with van der Waals surface area (Å²) >= 11 is 0. The molecule has 0 bridgehead atoms. The van der Waals surface area contributed by atoms with Crippen LogP contribution in [-0.2, 0) is 4.79 Å². The molecule has 5 heteroatoms. The molecule has 3 unspecified atom stereocenters. The fourth-order valence-corrected chi connectivity index (χ4v) is 3.89. The molecule has 0 spiro atoms. The van der Waals surface area contributed by atoms with Gasteiger partial charge in [-0.05, 0) is 61.9 Å². The first-order chi connectivity index (χ1) is 13.8. The van der Waals surface area contributed by atoms with E-state index in [1.807, 2.05) is 54.3 Å². The molecule has 1 aliphatic heterocycles. The van der Waals surface area contributed by atoms with Gasteiger partial charge in [0.25, 0.3) is 11.8 Å². The van der Waals surface area contributed by atoms with Crippen molar-refractivity contribution in [1.29, 1.82) is 0 Å². The smallest absolute Gasteiger partial charge is 0.265 e. The standard InChI is InChI=1S/C24H30N2O3/c1-16-12-17(2)15-26(14-16)24(28)20-11-10-18(3)22(13-20)25-23(27)19(4)29-21-8-6-5-7-9-21/h5-11,13,16-17,19H,12,14-15H2,1-4H3,(H,25,27). The SMILES string of the molecule is Cc1ccc(C(=O)N2CC(C)CC(C)C2)cc1NC(=O)C(C)Oc1ccccc1. The van der Waals surface area contributed by atoms with Crippen molar-refractivity contribution in [2.45, 2.75) is 40.2 Å². The van der Waals surface area contributed by atoms with Gasteiger partial charge in [0.2, 0.25) is 0 Å². The highest BCUT2D eigenvalue weighted by Gasteiger charge is 2.26. The van der Waals surface area contributed by atoms with Crippen molar-refractivity contribution in [2.75, 3.05) is 18.4 Å². The molecule has 0 radical (unpaired) electrons. The zero-order valence-electron chi connectivity index (χ0n) is 17.6. The summed E-state index contributed by atoms with van der Waals surface area (Å²) in [6.45, 7) is 9.55. The lowest BCUT2D eigenvalue weighted by Gasteiger charge is -2.35. The molecule has 2 aromatic carbocycles. The van der Waals surface area contributed by atoms with E-state index in [2.05, 4.69) is 19.2 Å². The van der Waals surface area contributed by atoms with Crippen LogP contribution < -0.4 is 10.1 Å². The molecule has 1 fully saturated rings. The van der Waals surface area contributed by atoms with Crippen molar-refractivity contribution < 1.29 is 14.3 Å². The molecule has 1 aliphatic rings. The second-order valence-corrected chi connectivity index (χ2v) is 8.25. The van der Waals surface area contributed by atoms with Gasteiger partial charge in [-0.25, -0.2) is 0 Å². The average molecular weight is 395 g/mol. The van der Waals surface area contributed by atoms with Crippen LogP contribution in [0.5, 0.6) is 5.75 Å². The highest BCUT2D eigenvalue weighted by Crippen LogP contribution is 2.24. The lowest BCUT2D eigenvalue weighted by atomic mass is 9.91. The van der Waals surface area contributed by atoms with Crippen molar-refractivity contribution in [1.82, 2.24) is 4.90 Å². The zero-order chi connectivity index (χ0) is 21.0. The number of para-hydroxylation sites is 1.